The van der Waals surface area contributed by atoms with Crippen molar-refractivity contribution in [2.75, 3.05) is 24.6 Å². The van der Waals surface area contributed by atoms with Crippen molar-refractivity contribution in [3.63, 3.8) is 0 Å². The van der Waals surface area contributed by atoms with Gasteiger partial charge < -0.3 is 19.9 Å². The van der Waals surface area contributed by atoms with Crippen molar-refractivity contribution in [1.29, 1.82) is 5.26 Å². The largest absolute Gasteiger partial charge is 0.492 e. The van der Waals surface area contributed by atoms with Crippen molar-refractivity contribution in [2.24, 2.45) is 5.73 Å². The third kappa shape index (κ3) is 5.08. The monoisotopic (exact) mass is 504 g/mol. The van der Waals surface area contributed by atoms with Crippen LogP contribution in [-0.2, 0) is 13.1 Å². The van der Waals surface area contributed by atoms with Crippen LogP contribution in [0.3, 0.4) is 0 Å². The molecule has 1 fully saturated rings. The molecule has 1 atom stereocenters. The Hall–Kier alpha value is -3.80. The van der Waals surface area contributed by atoms with Gasteiger partial charge >= 0.3 is 0 Å². The number of benzene rings is 2. The summed E-state index contributed by atoms with van der Waals surface area (Å²) in [6.07, 6.45) is 3.40. The Morgan fingerprint density at radius 2 is 1.83 bits per heavy atom. The highest BCUT2D eigenvalue weighted by molar-refractivity contribution is 5.89. The molecule has 0 aliphatic carbocycles. The molecule has 3 heterocycles. The van der Waals surface area contributed by atoms with E-state index < -0.39 is 0 Å². The highest BCUT2D eigenvalue weighted by atomic mass is 35.5. The van der Waals surface area contributed by atoms with E-state index in [0.717, 1.165) is 36.5 Å². The summed E-state index contributed by atoms with van der Waals surface area (Å²) in [5.41, 5.74) is 8.42. The molecule has 0 unspecified atom stereocenters. The molecule has 0 bridgehead atoms. The van der Waals surface area contributed by atoms with Crippen molar-refractivity contribution in [3.8, 4) is 11.8 Å². The first-order valence-corrected chi connectivity index (χ1v) is 11.9. The minimum Gasteiger partial charge on any atom is -0.492 e. The number of nitrogens with two attached hydrogens (primary N) is 1. The average molecular weight is 505 g/mol. The van der Waals surface area contributed by atoms with Crippen molar-refractivity contribution >= 4 is 29.3 Å². The zero-order valence-corrected chi connectivity index (χ0v) is 20.7. The van der Waals surface area contributed by atoms with E-state index >= 15 is 0 Å². The van der Waals surface area contributed by atoms with E-state index in [-0.39, 0.29) is 24.0 Å². The molecule has 8 nitrogen and oxygen atoms in total. The summed E-state index contributed by atoms with van der Waals surface area (Å²) >= 11 is 0. The van der Waals surface area contributed by atoms with Crippen molar-refractivity contribution in [2.45, 2.75) is 32.0 Å². The Morgan fingerprint density at radius 1 is 1.11 bits per heavy atom. The molecular formula is C27H29ClN6O2. The second-order valence-corrected chi connectivity index (χ2v) is 8.83. The van der Waals surface area contributed by atoms with Crippen LogP contribution in [0.15, 0.2) is 71.8 Å². The molecule has 5 rings (SSSR count). The maximum absolute atomic E-state index is 13.7. The molecule has 36 heavy (non-hydrogen) atoms. The Kier molecular flexibility index (Phi) is 7.93. The number of nitriles is 1. The molecule has 2 aromatic heterocycles. The van der Waals surface area contributed by atoms with Crippen LogP contribution in [0.4, 0.5) is 5.82 Å². The molecule has 9 heteroatoms. The molecule has 186 valence electrons. The summed E-state index contributed by atoms with van der Waals surface area (Å²) in [7, 11) is 0. The van der Waals surface area contributed by atoms with Gasteiger partial charge in [-0.1, -0.05) is 48.5 Å². The first-order valence-electron chi connectivity index (χ1n) is 11.9. The molecule has 2 N–H and O–H groups in total. The maximum Gasteiger partial charge on any atom is 0.278 e. The number of halogens is 1. The number of fused-ring (bicyclic) bond motifs is 1. The number of para-hydroxylation sites is 1. The molecule has 2 aromatic carbocycles. The number of piperidine rings is 1. The summed E-state index contributed by atoms with van der Waals surface area (Å²) in [5.74, 6) is 1.47. The Morgan fingerprint density at radius 3 is 2.53 bits per heavy atom. The van der Waals surface area contributed by atoms with Gasteiger partial charge in [-0.05, 0) is 30.5 Å². The number of ether oxygens (including phenoxy) is 1. The quantitative estimate of drug-likeness (QED) is 0.413. The zero-order valence-electron chi connectivity index (χ0n) is 19.9. The molecule has 4 aromatic rings. The van der Waals surface area contributed by atoms with Crippen LogP contribution in [0, 0.1) is 11.3 Å². The second-order valence-electron chi connectivity index (χ2n) is 8.83. The van der Waals surface area contributed by atoms with E-state index in [9.17, 15) is 10.1 Å². The van der Waals surface area contributed by atoms with Gasteiger partial charge in [0.15, 0.2) is 0 Å². The van der Waals surface area contributed by atoms with Crippen molar-refractivity contribution in [3.05, 3.63) is 88.5 Å². The lowest BCUT2D eigenvalue weighted by molar-refractivity contribution is 0.296. The molecule has 0 saturated carbocycles. The SMILES string of the molecule is Cl.N#Cc1c(N2CCC[C@H](N)C2)n(Cc2ccccc2)c2c(=O)n(CCOc3ccccc3)cnc12. The Bertz CT molecular complexity index is 1410. The number of anilines is 1. The Balaban J connectivity index is 0.00000304. The molecule has 0 radical (unpaired) electrons. The maximum atomic E-state index is 13.7. The van der Waals surface area contributed by atoms with E-state index in [1.54, 1.807) is 4.57 Å². The fraction of sp³-hybridized carbons (Fsp3) is 0.296. The first kappa shape index (κ1) is 25.3. The predicted octanol–water partition coefficient (Wildman–Crippen LogP) is 3.55. The number of nitrogens with zero attached hydrogens (tertiary/aromatic N) is 5. The summed E-state index contributed by atoms with van der Waals surface area (Å²) in [6.45, 7) is 2.56. The first-order chi connectivity index (χ1) is 17.2. The summed E-state index contributed by atoms with van der Waals surface area (Å²) < 4.78 is 9.30. The fourth-order valence-corrected chi connectivity index (χ4v) is 4.74. The van der Waals surface area contributed by atoms with Crippen LogP contribution in [-0.4, -0.2) is 39.9 Å². The van der Waals surface area contributed by atoms with Crippen LogP contribution in [0.1, 0.15) is 24.0 Å². The van der Waals surface area contributed by atoms with Gasteiger partial charge in [0, 0.05) is 25.7 Å². The number of hydrogen-bond donors (Lipinski definition) is 1. The van der Waals surface area contributed by atoms with E-state index in [1.807, 2.05) is 65.2 Å². The van der Waals surface area contributed by atoms with Crippen LogP contribution in [0.5, 0.6) is 5.75 Å². The van der Waals surface area contributed by atoms with Gasteiger partial charge in [-0.25, -0.2) is 4.98 Å². The van der Waals surface area contributed by atoms with Gasteiger partial charge in [-0.15, -0.1) is 12.4 Å². The van der Waals surface area contributed by atoms with Gasteiger partial charge in [0.25, 0.3) is 5.56 Å². The lowest BCUT2D eigenvalue weighted by Gasteiger charge is -2.33. The molecular weight excluding hydrogens is 476 g/mol. The van der Waals surface area contributed by atoms with Gasteiger partial charge in [-0.2, -0.15) is 5.26 Å². The van der Waals surface area contributed by atoms with E-state index in [4.69, 9.17) is 10.5 Å². The lowest BCUT2D eigenvalue weighted by Crippen LogP contribution is -2.44. The van der Waals surface area contributed by atoms with E-state index in [1.165, 1.54) is 6.33 Å². The zero-order chi connectivity index (χ0) is 24.2. The smallest absolute Gasteiger partial charge is 0.278 e. The average Bonchev–Trinajstić information content (AvgIpc) is 3.20. The van der Waals surface area contributed by atoms with Crippen LogP contribution < -0.4 is 20.9 Å². The van der Waals surface area contributed by atoms with E-state index in [2.05, 4.69) is 16.0 Å². The topological polar surface area (TPSA) is 102 Å². The third-order valence-electron chi connectivity index (χ3n) is 6.40. The summed E-state index contributed by atoms with van der Waals surface area (Å²) in [6, 6.07) is 21.8. The minimum absolute atomic E-state index is 0. The van der Waals surface area contributed by atoms with Gasteiger partial charge in [-0.3, -0.25) is 9.36 Å². The van der Waals surface area contributed by atoms with Crippen LogP contribution >= 0.6 is 12.4 Å². The van der Waals surface area contributed by atoms with Gasteiger partial charge in [0.05, 0.1) is 12.9 Å². The molecule has 1 aliphatic heterocycles. The normalized spacial score (nSPS) is 15.3. The number of hydrogen-bond acceptors (Lipinski definition) is 6. The number of rotatable bonds is 7. The van der Waals surface area contributed by atoms with Crippen molar-refractivity contribution in [1.82, 2.24) is 14.1 Å². The van der Waals surface area contributed by atoms with Crippen molar-refractivity contribution < 1.29 is 4.74 Å². The molecule has 1 aliphatic rings. The fourth-order valence-electron chi connectivity index (χ4n) is 4.74. The van der Waals surface area contributed by atoms with Gasteiger partial charge in [0.1, 0.15) is 40.8 Å². The Labute approximate surface area is 215 Å². The number of aromatic nitrogens is 3. The van der Waals surface area contributed by atoms with Crippen LogP contribution in [0.25, 0.3) is 11.0 Å². The van der Waals surface area contributed by atoms with E-state index in [0.29, 0.717) is 42.8 Å². The summed E-state index contributed by atoms with van der Waals surface area (Å²) in [5, 5.41) is 10.1. The molecule has 1 saturated heterocycles. The third-order valence-corrected chi connectivity index (χ3v) is 6.40. The molecule has 0 spiro atoms. The standard InChI is InChI=1S/C27H28N6O2.ClH/c28-16-23-24-25(27(34)32(19-30-24)14-15-35-22-11-5-2-6-12-22)33(17-20-8-3-1-4-9-20)26(23)31-13-7-10-21(29)18-31;/h1-6,8-9,11-12,19,21H,7,10,13-15,17-18,29H2;1H/t21-;/m0./s1. The highest BCUT2D eigenvalue weighted by Gasteiger charge is 2.28. The van der Waals surface area contributed by atoms with Crippen LogP contribution in [0.2, 0.25) is 0 Å². The minimum atomic E-state index is -0.188. The second kappa shape index (κ2) is 11.3. The summed E-state index contributed by atoms with van der Waals surface area (Å²) in [4.78, 5) is 20.4. The molecule has 0 amide bonds. The lowest BCUT2D eigenvalue weighted by atomic mass is 10.1. The van der Waals surface area contributed by atoms with Gasteiger partial charge in [0.2, 0.25) is 0 Å². The highest BCUT2D eigenvalue weighted by Crippen LogP contribution is 2.32. The predicted molar refractivity (Wildman–Crippen MR) is 143 cm³/mol.